The molecular formula is C6H13O8P. The molecule has 0 aromatic rings. The first-order chi connectivity index (χ1) is 6.72. The fraction of sp³-hybridized carbons (Fsp3) is 1.00. The molecule has 0 unspecified atom stereocenters. The average Bonchev–Trinajstić information content (AvgIpc) is 2.08. The van der Waals surface area contributed by atoms with Gasteiger partial charge < -0.3 is 29.8 Å². The van der Waals surface area contributed by atoms with Crippen molar-refractivity contribution in [1.82, 2.24) is 0 Å². The lowest BCUT2D eigenvalue weighted by Gasteiger charge is -2.38. The van der Waals surface area contributed by atoms with Crippen LogP contribution in [0, 0.1) is 0 Å². The lowest BCUT2D eigenvalue weighted by Crippen LogP contribution is -2.57. The monoisotopic (exact) mass is 244 g/mol. The molecule has 0 bridgehead atoms. The van der Waals surface area contributed by atoms with Crippen LogP contribution in [0.2, 0.25) is 0 Å². The molecule has 0 radical (unpaired) electrons. The first-order valence-electron chi connectivity index (χ1n) is 4.16. The summed E-state index contributed by atoms with van der Waals surface area (Å²) in [6, 6.07) is 0. The molecule has 1 aliphatic heterocycles. The van der Waals surface area contributed by atoms with Crippen molar-refractivity contribution < 1.29 is 38.9 Å². The summed E-state index contributed by atoms with van der Waals surface area (Å²) in [5.74, 6) is 0. The summed E-state index contributed by atoms with van der Waals surface area (Å²) in [6.07, 6.45) is -7.20. The molecule has 1 fully saturated rings. The third-order valence-electron chi connectivity index (χ3n) is 2.05. The van der Waals surface area contributed by atoms with Gasteiger partial charge in [0.05, 0.1) is 6.10 Å². The topological polar surface area (TPSA) is 137 Å². The van der Waals surface area contributed by atoms with Crippen LogP contribution in [0.4, 0.5) is 0 Å². The SMILES string of the molecule is C[C@H]1O[C@H](OP(=O)(O)O)[C@H](O)[C@@H](O)[C@H]1O. The first-order valence-corrected chi connectivity index (χ1v) is 5.69. The van der Waals surface area contributed by atoms with Crippen molar-refractivity contribution in [2.45, 2.75) is 37.6 Å². The maximum atomic E-state index is 10.5. The number of hydrogen-bond acceptors (Lipinski definition) is 6. The van der Waals surface area contributed by atoms with Crippen LogP contribution in [-0.2, 0) is 13.8 Å². The number of phosphoric ester groups is 1. The fourth-order valence-electron chi connectivity index (χ4n) is 1.24. The summed E-state index contributed by atoms with van der Waals surface area (Å²) in [6.45, 7) is 1.37. The highest BCUT2D eigenvalue weighted by atomic mass is 31.2. The first kappa shape index (κ1) is 13.0. The molecule has 8 nitrogen and oxygen atoms in total. The van der Waals surface area contributed by atoms with Crippen LogP contribution in [0.15, 0.2) is 0 Å². The Morgan fingerprint density at radius 1 is 1.13 bits per heavy atom. The molecule has 0 spiro atoms. The van der Waals surface area contributed by atoms with Gasteiger partial charge in [-0.05, 0) is 6.92 Å². The number of phosphoric acid groups is 1. The van der Waals surface area contributed by atoms with Gasteiger partial charge in [0.25, 0.3) is 0 Å². The minimum atomic E-state index is -4.82. The van der Waals surface area contributed by atoms with E-state index in [0.29, 0.717) is 0 Å². The molecule has 0 aromatic carbocycles. The van der Waals surface area contributed by atoms with Crippen molar-refractivity contribution in [3.05, 3.63) is 0 Å². The van der Waals surface area contributed by atoms with E-state index in [-0.39, 0.29) is 0 Å². The molecule has 0 amide bonds. The molecule has 1 aliphatic rings. The van der Waals surface area contributed by atoms with Crippen LogP contribution in [0.3, 0.4) is 0 Å². The summed E-state index contributed by atoms with van der Waals surface area (Å²) in [7, 11) is -4.82. The second-order valence-electron chi connectivity index (χ2n) is 3.28. The van der Waals surface area contributed by atoms with Gasteiger partial charge in [-0.15, -0.1) is 0 Å². The summed E-state index contributed by atoms with van der Waals surface area (Å²) in [5, 5.41) is 27.8. The average molecular weight is 244 g/mol. The van der Waals surface area contributed by atoms with Gasteiger partial charge in [0.15, 0.2) is 6.29 Å². The summed E-state index contributed by atoms with van der Waals surface area (Å²) in [4.78, 5) is 17.0. The molecule has 5 N–H and O–H groups in total. The molecule has 0 aromatic heterocycles. The van der Waals surface area contributed by atoms with Crippen LogP contribution >= 0.6 is 7.82 Å². The van der Waals surface area contributed by atoms with E-state index < -0.39 is 38.5 Å². The minimum Gasteiger partial charge on any atom is -0.388 e. The van der Waals surface area contributed by atoms with Gasteiger partial charge in [-0.1, -0.05) is 0 Å². The minimum absolute atomic E-state index is 0.903. The Balaban J connectivity index is 2.71. The van der Waals surface area contributed by atoms with Gasteiger partial charge in [0, 0.05) is 0 Å². The van der Waals surface area contributed by atoms with Gasteiger partial charge in [-0.3, -0.25) is 4.52 Å². The Labute approximate surface area is 85.3 Å². The Bertz CT molecular complexity index is 264. The highest BCUT2D eigenvalue weighted by molar-refractivity contribution is 7.46. The third-order valence-corrected chi connectivity index (χ3v) is 2.53. The molecular weight excluding hydrogens is 231 g/mol. The number of aliphatic hydroxyl groups excluding tert-OH is 3. The van der Waals surface area contributed by atoms with Crippen LogP contribution < -0.4 is 0 Å². The molecule has 90 valence electrons. The Morgan fingerprint density at radius 3 is 2.13 bits per heavy atom. The summed E-state index contributed by atoms with van der Waals surface area (Å²) in [5.41, 5.74) is 0. The largest absolute Gasteiger partial charge is 0.472 e. The van der Waals surface area contributed by atoms with E-state index in [4.69, 9.17) is 14.5 Å². The fourth-order valence-corrected chi connectivity index (χ4v) is 1.68. The lowest BCUT2D eigenvalue weighted by atomic mass is 10.0. The van der Waals surface area contributed by atoms with Crippen molar-refractivity contribution in [2.24, 2.45) is 0 Å². The number of aliphatic hydroxyl groups is 3. The van der Waals surface area contributed by atoms with E-state index >= 15 is 0 Å². The lowest BCUT2D eigenvalue weighted by molar-refractivity contribution is -0.271. The van der Waals surface area contributed by atoms with E-state index in [1.807, 2.05) is 0 Å². The van der Waals surface area contributed by atoms with Gasteiger partial charge in [0.2, 0.25) is 0 Å². The van der Waals surface area contributed by atoms with E-state index in [9.17, 15) is 19.9 Å². The van der Waals surface area contributed by atoms with Crippen molar-refractivity contribution in [1.29, 1.82) is 0 Å². The number of hydrogen-bond donors (Lipinski definition) is 5. The predicted molar refractivity (Wildman–Crippen MR) is 45.5 cm³/mol. The quantitative estimate of drug-likeness (QED) is 0.349. The van der Waals surface area contributed by atoms with Crippen LogP contribution in [0.1, 0.15) is 6.92 Å². The van der Waals surface area contributed by atoms with Crippen LogP contribution in [0.25, 0.3) is 0 Å². The Kier molecular flexibility index (Phi) is 3.85. The Morgan fingerprint density at radius 2 is 1.67 bits per heavy atom. The number of ether oxygens (including phenoxy) is 1. The highest BCUT2D eigenvalue weighted by Crippen LogP contribution is 2.40. The normalized spacial score (nSPS) is 42.9. The van der Waals surface area contributed by atoms with Gasteiger partial charge in [-0.2, -0.15) is 0 Å². The standard InChI is InChI=1S/C6H13O8P/c1-2-3(7)4(8)5(9)6(13-2)14-15(10,11)12/h2-9H,1H3,(H2,10,11,12)/t2-,3+,4+,5-,6-/m1/s1. The van der Waals surface area contributed by atoms with Crippen molar-refractivity contribution in [3.63, 3.8) is 0 Å². The maximum absolute atomic E-state index is 10.5. The van der Waals surface area contributed by atoms with E-state index in [1.165, 1.54) is 6.92 Å². The van der Waals surface area contributed by atoms with Crippen molar-refractivity contribution in [3.8, 4) is 0 Å². The van der Waals surface area contributed by atoms with Gasteiger partial charge in [0.1, 0.15) is 18.3 Å². The van der Waals surface area contributed by atoms with Gasteiger partial charge in [-0.25, -0.2) is 4.57 Å². The highest BCUT2D eigenvalue weighted by Gasteiger charge is 2.44. The van der Waals surface area contributed by atoms with Crippen LogP contribution in [0.5, 0.6) is 0 Å². The van der Waals surface area contributed by atoms with E-state index in [1.54, 1.807) is 0 Å². The second kappa shape index (κ2) is 4.44. The van der Waals surface area contributed by atoms with Crippen LogP contribution in [-0.4, -0.2) is 55.8 Å². The molecule has 9 heteroatoms. The smallest absolute Gasteiger partial charge is 0.388 e. The summed E-state index contributed by atoms with van der Waals surface area (Å²) < 4.78 is 19.4. The predicted octanol–water partition coefficient (Wildman–Crippen LogP) is -2.08. The van der Waals surface area contributed by atoms with E-state index in [2.05, 4.69) is 4.52 Å². The molecule has 5 atom stereocenters. The van der Waals surface area contributed by atoms with Gasteiger partial charge >= 0.3 is 7.82 Å². The molecule has 1 saturated heterocycles. The zero-order valence-corrected chi connectivity index (χ0v) is 8.69. The molecule has 0 saturated carbocycles. The third kappa shape index (κ3) is 3.20. The zero-order valence-electron chi connectivity index (χ0n) is 7.79. The molecule has 15 heavy (non-hydrogen) atoms. The second-order valence-corrected chi connectivity index (χ2v) is 4.47. The molecule has 0 aliphatic carbocycles. The Hall–Kier alpha value is -0.0500. The van der Waals surface area contributed by atoms with Crippen molar-refractivity contribution >= 4 is 7.82 Å². The zero-order chi connectivity index (χ0) is 11.8. The maximum Gasteiger partial charge on any atom is 0.472 e. The molecule has 1 rings (SSSR count). The van der Waals surface area contributed by atoms with E-state index in [0.717, 1.165) is 0 Å². The molecule has 1 heterocycles. The van der Waals surface area contributed by atoms with Crippen molar-refractivity contribution in [2.75, 3.05) is 0 Å². The number of rotatable bonds is 2. The summed E-state index contributed by atoms with van der Waals surface area (Å²) >= 11 is 0.